The zero-order valence-electron chi connectivity index (χ0n) is 28.8. The average Bonchev–Trinajstić information content (AvgIpc) is 3.65. The summed E-state index contributed by atoms with van der Waals surface area (Å²) in [7, 11) is 0. The highest BCUT2D eigenvalue weighted by atomic mass is 19.1. The van der Waals surface area contributed by atoms with Gasteiger partial charge in [-0.3, -0.25) is 29.9 Å². The van der Waals surface area contributed by atoms with Gasteiger partial charge in [0.15, 0.2) is 41.2 Å². The fourth-order valence-electron chi connectivity index (χ4n) is 5.43. The topological polar surface area (TPSA) is 176 Å². The molecular weight excluding hydrogens is 726 g/mol. The standard InChI is InChI=1S/C26H24FN3O7.C12H8FNO4/c27-22-14-19(30(32)33)2-8-23(22)37-21-5-3-20(4-6-21)34-16-26(31)29-11-9-28(10-12-29)15-18-1-7-24-25(13-18)36-17-35-24;13-11-7-8(14(16)17)1-6-12(11)18-10-4-2-9(15)3-5-10/h1-8,13-14H,9-12,15-17H2;1-7,15H. The Morgan fingerprint density at radius 3 is 1.76 bits per heavy atom. The minimum absolute atomic E-state index is 0.0616. The molecule has 0 bridgehead atoms. The quantitative estimate of drug-likeness (QED) is 0.106. The third kappa shape index (κ3) is 10.1. The lowest BCUT2D eigenvalue weighted by Gasteiger charge is -2.34. The van der Waals surface area contributed by atoms with E-state index in [4.69, 9.17) is 28.8 Å². The van der Waals surface area contributed by atoms with Crippen LogP contribution in [-0.4, -0.2) is 70.2 Å². The van der Waals surface area contributed by atoms with Gasteiger partial charge in [-0.15, -0.1) is 0 Å². The number of phenols is 1. The minimum atomic E-state index is -0.837. The van der Waals surface area contributed by atoms with Crippen LogP contribution in [0.4, 0.5) is 20.2 Å². The number of halogens is 2. The molecule has 2 aliphatic heterocycles. The molecule has 0 saturated carbocycles. The van der Waals surface area contributed by atoms with Crippen LogP contribution in [0.25, 0.3) is 0 Å². The van der Waals surface area contributed by atoms with Crippen molar-refractivity contribution in [1.29, 1.82) is 0 Å². The first kappa shape index (κ1) is 37.7. The van der Waals surface area contributed by atoms with Crippen LogP contribution in [0.5, 0.6) is 46.0 Å². The Labute approximate surface area is 311 Å². The van der Waals surface area contributed by atoms with Crippen molar-refractivity contribution < 1.29 is 52.2 Å². The molecule has 0 aliphatic carbocycles. The van der Waals surface area contributed by atoms with Gasteiger partial charge >= 0.3 is 0 Å². The maximum absolute atomic E-state index is 14.0. The number of rotatable bonds is 11. The summed E-state index contributed by atoms with van der Waals surface area (Å²) < 4.78 is 54.6. The number of ether oxygens (including phenoxy) is 5. The second-order valence-corrected chi connectivity index (χ2v) is 12.0. The van der Waals surface area contributed by atoms with E-state index in [-0.39, 0.29) is 47.9 Å². The van der Waals surface area contributed by atoms with E-state index in [0.29, 0.717) is 30.3 Å². The largest absolute Gasteiger partial charge is 0.508 e. The van der Waals surface area contributed by atoms with Gasteiger partial charge in [-0.2, -0.15) is 0 Å². The van der Waals surface area contributed by atoms with Crippen molar-refractivity contribution >= 4 is 17.3 Å². The van der Waals surface area contributed by atoms with Crippen molar-refractivity contribution in [3.63, 3.8) is 0 Å². The van der Waals surface area contributed by atoms with Crippen LogP contribution in [0.3, 0.4) is 0 Å². The van der Waals surface area contributed by atoms with Gasteiger partial charge in [-0.05, 0) is 78.4 Å². The number of nitrogens with zero attached hydrogens (tertiary/aromatic N) is 4. The molecule has 5 aromatic carbocycles. The summed E-state index contributed by atoms with van der Waals surface area (Å²) >= 11 is 0. The van der Waals surface area contributed by atoms with Crippen LogP contribution in [0, 0.1) is 31.9 Å². The number of fused-ring (bicyclic) bond motifs is 1. The average molecular weight is 759 g/mol. The molecule has 1 fully saturated rings. The number of carbonyl (C=O) groups is 1. The first-order chi connectivity index (χ1) is 26.5. The number of nitro groups is 2. The number of benzene rings is 5. The van der Waals surface area contributed by atoms with Crippen molar-refractivity contribution in [2.24, 2.45) is 0 Å². The van der Waals surface area contributed by atoms with Gasteiger partial charge in [-0.1, -0.05) is 6.07 Å². The number of carbonyl (C=O) groups excluding carboxylic acids is 1. The number of piperazine rings is 1. The molecule has 0 unspecified atom stereocenters. The molecule has 7 rings (SSSR count). The first-order valence-electron chi connectivity index (χ1n) is 16.6. The van der Waals surface area contributed by atoms with Crippen molar-refractivity contribution in [1.82, 2.24) is 9.80 Å². The SMILES string of the molecule is O=C(COc1ccc(Oc2ccc([N+](=O)[O-])cc2F)cc1)N1CCN(Cc2ccc3c(c2)OCO3)CC1.O=[N+]([O-])c1ccc(Oc2ccc(O)cc2)c(F)c1. The highest BCUT2D eigenvalue weighted by Gasteiger charge is 2.23. The first-order valence-corrected chi connectivity index (χ1v) is 16.6. The summed E-state index contributed by atoms with van der Waals surface area (Å²) in [4.78, 5) is 36.5. The maximum Gasteiger partial charge on any atom is 0.272 e. The summed E-state index contributed by atoms with van der Waals surface area (Å²) in [6.07, 6.45) is 0. The molecule has 284 valence electrons. The lowest BCUT2D eigenvalue weighted by molar-refractivity contribution is -0.385. The summed E-state index contributed by atoms with van der Waals surface area (Å²) in [6, 6.07) is 24.2. The van der Waals surface area contributed by atoms with Crippen molar-refractivity contribution in [2.45, 2.75) is 6.54 Å². The van der Waals surface area contributed by atoms with Crippen LogP contribution in [0.15, 0.2) is 103 Å². The Bertz CT molecular complexity index is 2160. The van der Waals surface area contributed by atoms with E-state index in [0.717, 1.165) is 54.9 Å². The Hall–Kier alpha value is -7.01. The number of hydrogen-bond acceptors (Lipinski definition) is 12. The molecule has 0 aromatic heterocycles. The van der Waals surface area contributed by atoms with E-state index in [2.05, 4.69) is 4.90 Å². The van der Waals surface area contributed by atoms with Gasteiger partial charge in [0, 0.05) is 44.9 Å². The molecule has 2 aliphatic rings. The van der Waals surface area contributed by atoms with Gasteiger partial charge in [0.05, 0.1) is 22.0 Å². The Balaban J connectivity index is 0.000000239. The predicted octanol–water partition coefficient (Wildman–Crippen LogP) is 7.21. The summed E-state index contributed by atoms with van der Waals surface area (Å²) in [5.41, 5.74) is 0.436. The van der Waals surface area contributed by atoms with Crippen molar-refractivity contribution in [3.05, 3.63) is 141 Å². The number of non-ortho nitro benzene ring substituents is 2. The summed E-state index contributed by atoms with van der Waals surface area (Å²) in [5.74, 6) is 0.687. The highest BCUT2D eigenvalue weighted by molar-refractivity contribution is 5.78. The molecule has 0 spiro atoms. The molecule has 5 aromatic rings. The summed E-state index contributed by atoms with van der Waals surface area (Å²) in [6.45, 7) is 3.66. The minimum Gasteiger partial charge on any atom is -0.508 e. The Morgan fingerprint density at radius 1 is 0.691 bits per heavy atom. The number of phenolic OH excluding ortho intramolecular Hbond substituents is 1. The third-order valence-electron chi connectivity index (χ3n) is 8.30. The Kier molecular flexibility index (Phi) is 11.8. The Morgan fingerprint density at radius 2 is 1.22 bits per heavy atom. The fourth-order valence-corrected chi connectivity index (χ4v) is 5.43. The van der Waals surface area contributed by atoms with Crippen LogP contribution in [0.1, 0.15) is 5.56 Å². The number of hydrogen-bond donors (Lipinski definition) is 1. The zero-order valence-corrected chi connectivity index (χ0v) is 28.8. The van der Waals surface area contributed by atoms with Crippen molar-refractivity contribution in [3.8, 4) is 46.0 Å². The van der Waals surface area contributed by atoms with E-state index in [1.807, 2.05) is 18.2 Å². The summed E-state index contributed by atoms with van der Waals surface area (Å²) in [5, 5.41) is 30.2. The van der Waals surface area contributed by atoms with Gasteiger partial charge in [0.1, 0.15) is 23.0 Å². The highest BCUT2D eigenvalue weighted by Crippen LogP contribution is 2.33. The van der Waals surface area contributed by atoms with E-state index in [1.165, 1.54) is 42.5 Å². The van der Waals surface area contributed by atoms with Gasteiger partial charge in [0.2, 0.25) is 6.79 Å². The number of aromatic hydroxyl groups is 1. The molecule has 55 heavy (non-hydrogen) atoms. The molecule has 0 atom stereocenters. The molecule has 1 amide bonds. The van der Waals surface area contributed by atoms with Gasteiger partial charge in [-0.25, -0.2) is 8.78 Å². The van der Waals surface area contributed by atoms with E-state index >= 15 is 0 Å². The van der Waals surface area contributed by atoms with Crippen LogP contribution >= 0.6 is 0 Å². The molecule has 17 heteroatoms. The van der Waals surface area contributed by atoms with Crippen LogP contribution in [0.2, 0.25) is 0 Å². The monoisotopic (exact) mass is 758 g/mol. The maximum atomic E-state index is 14.0. The molecule has 1 N–H and O–H groups in total. The van der Waals surface area contributed by atoms with Gasteiger partial charge < -0.3 is 33.7 Å². The fraction of sp³-hybridized carbons (Fsp3) is 0.184. The van der Waals surface area contributed by atoms with Crippen LogP contribution < -0.4 is 23.7 Å². The van der Waals surface area contributed by atoms with Crippen molar-refractivity contribution in [2.75, 3.05) is 39.6 Å². The molecule has 0 radical (unpaired) electrons. The van der Waals surface area contributed by atoms with Crippen LogP contribution in [-0.2, 0) is 11.3 Å². The number of nitro benzene ring substituents is 2. The van der Waals surface area contributed by atoms with E-state index in [9.17, 15) is 33.8 Å². The molecule has 2 heterocycles. The molecule has 15 nitrogen and oxygen atoms in total. The normalized spacial score (nSPS) is 13.3. The third-order valence-corrected chi connectivity index (χ3v) is 8.30. The van der Waals surface area contributed by atoms with Gasteiger partial charge in [0.25, 0.3) is 17.3 Å². The predicted molar refractivity (Wildman–Crippen MR) is 191 cm³/mol. The second-order valence-electron chi connectivity index (χ2n) is 12.0. The number of amides is 1. The van der Waals surface area contributed by atoms with E-state index < -0.39 is 21.5 Å². The molecule has 1 saturated heterocycles. The van der Waals surface area contributed by atoms with E-state index in [1.54, 1.807) is 29.2 Å². The zero-order chi connectivity index (χ0) is 38.9. The lowest BCUT2D eigenvalue weighted by Crippen LogP contribution is -2.49. The smallest absolute Gasteiger partial charge is 0.272 e. The lowest BCUT2D eigenvalue weighted by atomic mass is 10.1. The second kappa shape index (κ2) is 17.2. The molecular formula is C38H32F2N4O11.